The Kier molecular flexibility index (Phi) is 6.64. The van der Waals surface area contributed by atoms with Crippen molar-refractivity contribution in [2.75, 3.05) is 19.0 Å². The fraction of sp³-hybridized carbons (Fsp3) is 0.227. The predicted octanol–water partition coefficient (Wildman–Crippen LogP) is 3.50. The topological polar surface area (TPSA) is 94.8 Å². The van der Waals surface area contributed by atoms with Gasteiger partial charge in [0.1, 0.15) is 23.0 Å². The Balaban J connectivity index is 1.59. The van der Waals surface area contributed by atoms with Gasteiger partial charge in [0.05, 0.1) is 12.8 Å². The van der Waals surface area contributed by atoms with Crippen LogP contribution in [0.5, 0.6) is 5.75 Å². The third-order valence-corrected chi connectivity index (χ3v) is 4.64. The summed E-state index contributed by atoms with van der Waals surface area (Å²) >= 11 is 0. The van der Waals surface area contributed by atoms with Crippen LogP contribution in [0.4, 0.5) is 14.5 Å². The molecule has 0 spiro atoms. The molecule has 0 saturated heterocycles. The Bertz CT molecular complexity index is 1200. The smallest absolute Gasteiger partial charge is 0.339 e. The average Bonchev–Trinajstić information content (AvgIpc) is 2.74. The number of methoxy groups -OCH3 is 1. The lowest BCUT2D eigenvalue weighted by molar-refractivity contribution is -0.147. The van der Waals surface area contributed by atoms with Crippen molar-refractivity contribution >= 4 is 28.5 Å². The number of rotatable bonds is 7. The largest absolute Gasteiger partial charge is 0.497 e. The van der Waals surface area contributed by atoms with Crippen LogP contribution in [-0.2, 0) is 20.7 Å². The van der Waals surface area contributed by atoms with Crippen molar-refractivity contribution in [1.29, 1.82) is 0 Å². The highest BCUT2D eigenvalue weighted by atomic mass is 19.1. The molecule has 2 aromatic carbocycles. The van der Waals surface area contributed by atoms with Crippen molar-refractivity contribution in [2.24, 2.45) is 0 Å². The van der Waals surface area contributed by atoms with Gasteiger partial charge in [0, 0.05) is 29.5 Å². The number of aryl methyl sites for hydroxylation is 1. The summed E-state index contributed by atoms with van der Waals surface area (Å²) < 4.78 is 41.9. The maximum atomic E-state index is 13.5. The van der Waals surface area contributed by atoms with Crippen LogP contribution in [0.2, 0.25) is 0 Å². The van der Waals surface area contributed by atoms with Crippen molar-refractivity contribution in [1.82, 2.24) is 0 Å². The summed E-state index contributed by atoms with van der Waals surface area (Å²) in [6.07, 6.45) is -0.121. The Morgan fingerprint density at radius 3 is 2.65 bits per heavy atom. The zero-order valence-electron chi connectivity index (χ0n) is 16.8. The first-order valence-corrected chi connectivity index (χ1v) is 9.29. The van der Waals surface area contributed by atoms with Crippen molar-refractivity contribution in [3.63, 3.8) is 0 Å². The number of ether oxygens (including phenoxy) is 2. The number of carbonyl (C=O) groups is 2. The molecule has 0 aliphatic rings. The molecule has 31 heavy (non-hydrogen) atoms. The van der Waals surface area contributed by atoms with E-state index in [1.165, 1.54) is 7.11 Å². The first-order valence-electron chi connectivity index (χ1n) is 9.29. The molecule has 0 saturated carbocycles. The number of anilines is 1. The van der Waals surface area contributed by atoms with Gasteiger partial charge in [-0.25, -0.2) is 13.6 Å². The maximum absolute atomic E-state index is 13.5. The molecule has 3 rings (SSSR count). The SMILES string of the molecule is COc1ccc2c(C)c(CCC(=O)OCC(=O)Nc3cc(F)ccc3F)c(=O)oc2c1. The molecule has 0 unspecified atom stereocenters. The summed E-state index contributed by atoms with van der Waals surface area (Å²) in [6, 6.07) is 7.67. The quantitative estimate of drug-likeness (QED) is 0.455. The molecule has 3 aromatic rings. The molecule has 0 radical (unpaired) electrons. The molecule has 162 valence electrons. The van der Waals surface area contributed by atoms with E-state index >= 15 is 0 Å². The number of esters is 1. The van der Waals surface area contributed by atoms with Crippen molar-refractivity contribution in [2.45, 2.75) is 19.8 Å². The third kappa shape index (κ3) is 5.25. The second-order valence-electron chi connectivity index (χ2n) is 6.69. The fourth-order valence-corrected chi connectivity index (χ4v) is 3.02. The van der Waals surface area contributed by atoms with E-state index in [0.717, 1.165) is 18.2 Å². The summed E-state index contributed by atoms with van der Waals surface area (Å²) in [6.45, 7) is 1.06. The molecule has 1 heterocycles. The lowest BCUT2D eigenvalue weighted by Gasteiger charge is -2.09. The molecule has 9 heteroatoms. The minimum Gasteiger partial charge on any atom is -0.497 e. The summed E-state index contributed by atoms with van der Waals surface area (Å²) in [5.41, 5.74) is 0.420. The van der Waals surface area contributed by atoms with Crippen molar-refractivity contribution in [3.05, 3.63) is 69.6 Å². The van der Waals surface area contributed by atoms with Crippen molar-refractivity contribution < 1.29 is 32.3 Å². The predicted molar refractivity (Wildman–Crippen MR) is 108 cm³/mol. The van der Waals surface area contributed by atoms with Gasteiger partial charge in [-0.05, 0) is 43.2 Å². The Labute approximate surface area is 175 Å². The van der Waals surface area contributed by atoms with Crippen LogP contribution in [0.1, 0.15) is 17.5 Å². The van der Waals surface area contributed by atoms with Crippen LogP contribution in [0.15, 0.2) is 45.6 Å². The first-order chi connectivity index (χ1) is 14.8. The minimum absolute atomic E-state index is 0.0507. The summed E-state index contributed by atoms with van der Waals surface area (Å²) in [7, 11) is 1.50. The van der Waals surface area contributed by atoms with Crippen LogP contribution in [-0.4, -0.2) is 25.6 Å². The molecule has 7 nitrogen and oxygen atoms in total. The number of nitrogens with one attached hydrogen (secondary N) is 1. The average molecular weight is 431 g/mol. The van der Waals surface area contributed by atoms with E-state index in [2.05, 4.69) is 5.32 Å². The summed E-state index contributed by atoms with van der Waals surface area (Å²) in [4.78, 5) is 36.1. The zero-order chi connectivity index (χ0) is 22.5. The van der Waals surface area contributed by atoms with Crippen LogP contribution < -0.4 is 15.7 Å². The fourth-order valence-electron chi connectivity index (χ4n) is 3.02. The highest BCUT2D eigenvalue weighted by molar-refractivity contribution is 5.93. The van der Waals surface area contributed by atoms with E-state index in [0.29, 0.717) is 27.8 Å². The maximum Gasteiger partial charge on any atom is 0.339 e. The molecule has 0 aliphatic carbocycles. The molecule has 0 fully saturated rings. The van der Waals surface area contributed by atoms with E-state index in [4.69, 9.17) is 13.9 Å². The number of fused-ring (bicyclic) bond motifs is 1. The van der Waals surface area contributed by atoms with Gasteiger partial charge in [0.15, 0.2) is 6.61 Å². The molecule has 0 atom stereocenters. The monoisotopic (exact) mass is 431 g/mol. The van der Waals surface area contributed by atoms with Crippen LogP contribution in [0.25, 0.3) is 11.0 Å². The number of hydrogen-bond acceptors (Lipinski definition) is 6. The molecule has 0 bridgehead atoms. The highest BCUT2D eigenvalue weighted by Gasteiger charge is 2.15. The molecule has 1 aromatic heterocycles. The van der Waals surface area contributed by atoms with Gasteiger partial charge in [-0.3, -0.25) is 9.59 Å². The van der Waals surface area contributed by atoms with E-state index in [-0.39, 0.29) is 18.5 Å². The second-order valence-corrected chi connectivity index (χ2v) is 6.69. The lowest BCUT2D eigenvalue weighted by Crippen LogP contribution is -2.22. The number of amides is 1. The van der Waals surface area contributed by atoms with E-state index in [1.807, 2.05) is 0 Å². The summed E-state index contributed by atoms with van der Waals surface area (Å²) in [5, 5.41) is 2.83. The van der Waals surface area contributed by atoms with Gasteiger partial charge < -0.3 is 19.2 Å². The minimum atomic E-state index is -0.826. The van der Waals surface area contributed by atoms with Gasteiger partial charge in [0.2, 0.25) is 0 Å². The number of halogens is 2. The number of hydrogen-bond donors (Lipinski definition) is 1. The Hall–Kier alpha value is -3.75. The third-order valence-electron chi connectivity index (χ3n) is 4.64. The Morgan fingerprint density at radius 1 is 1.13 bits per heavy atom. The van der Waals surface area contributed by atoms with E-state index in [9.17, 15) is 23.2 Å². The van der Waals surface area contributed by atoms with Crippen LogP contribution in [0.3, 0.4) is 0 Å². The van der Waals surface area contributed by atoms with E-state index in [1.54, 1.807) is 25.1 Å². The zero-order valence-corrected chi connectivity index (χ0v) is 16.8. The van der Waals surface area contributed by atoms with Crippen LogP contribution >= 0.6 is 0 Å². The van der Waals surface area contributed by atoms with Gasteiger partial charge in [-0.2, -0.15) is 0 Å². The molecule has 1 amide bonds. The Morgan fingerprint density at radius 2 is 1.90 bits per heavy atom. The normalized spacial score (nSPS) is 10.7. The van der Waals surface area contributed by atoms with Gasteiger partial charge in [-0.15, -0.1) is 0 Å². The van der Waals surface area contributed by atoms with Gasteiger partial charge >= 0.3 is 11.6 Å². The van der Waals surface area contributed by atoms with Crippen LogP contribution in [0, 0.1) is 18.6 Å². The van der Waals surface area contributed by atoms with Gasteiger partial charge in [-0.1, -0.05) is 0 Å². The molecule has 1 N–H and O–H groups in total. The summed E-state index contributed by atoms with van der Waals surface area (Å²) in [5.74, 6) is -2.56. The molecule has 0 aliphatic heterocycles. The lowest BCUT2D eigenvalue weighted by atomic mass is 10.0. The van der Waals surface area contributed by atoms with Crippen molar-refractivity contribution in [3.8, 4) is 5.75 Å². The standard InChI is InChI=1S/C22H19F2NO6/c1-12-15-5-4-14(29-2)10-19(15)31-22(28)16(12)6-8-21(27)30-11-20(26)25-18-9-13(23)3-7-17(18)24/h3-5,7,9-10H,6,8,11H2,1-2H3,(H,25,26). The number of carbonyl (C=O) groups excluding carboxylic acids is 2. The molecular formula is C22H19F2NO6. The molecular weight excluding hydrogens is 412 g/mol. The second kappa shape index (κ2) is 9.38. The van der Waals surface area contributed by atoms with Gasteiger partial charge in [0.25, 0.3) is 5.91 Å². The van der Waals surface area contributed by atoms with E-state index < -0.39 is 35.7 Å². The highest BCUT2D eigenvalue weighted by Crippen LogP contribution is 2.24. The first kappa shape index (κ1) is 21.9. The number of benzene rings is 2.